The summed E-state index contributed by atoms with van der Waals surface area (Å²) in [4.78, 5) is 12.9. The summed E-state index contributed by atoms with van der Waals surface area (Å²) in [6, 6.07) is 12.2. The molecule has 1 amide bonds. The molecule has 0 aliphatic carbocycles. The van der Waals surface area contributed by atoms with Crippen molar-refractivity contribution in [2.75, 3.05) is 15.9 Å². The first-order chi connectivity index (χ1) is 12.5. The minimum Gasteiger partial charge on any atom is -0.324 e. The van der Waals surface area contributed by atoms with Crippen molar-refractivity contribution in [1.29, 1.82) is 0 Å². The van der Waals surface area contributed by atoms with Gasteiger partial charge < -0.3 is 5.32 Å². The number of carbonyl (C=O) groups is 1. The fraction of sp³-hybridized carbons (Fsp3) is 0.381. The number of nitrogens with zero attached hydrogens (tertiary/aromatic N) is 1. The maximum atomic E-state index is 12.9. The van der Waals surface area contributed by atoms with E-state index in [1.807, 2.05) is 58.0 Å². The van der Waals surface area contributed by atoms with Gasteiger partial charge in [-0.1, -0.05) is 38.1 Å². The van der Waals surface area contributed by atoms with Crippen LogP contribution in [0.2, 0.25) is 0 Å². The molecule has 0 saturated carbocycles. The van der Waals surface area contributed by atoms with Crippen LogP contribution in [0, 0.1) is 13.8 Å². The van der Waals surface area contributed by atoms with Gasteiger partial charge in [-0.3, -0.25) is 9.10 Å². The summed E-state index contributed by atoms with van der Waals surface area (Å²) in [7, 11) is -3.64. The monoisotopic (exact) mass is 388 g/mol. The predicted molar refractivity (Wildman–Crippen MR) is 112 cm³/mol. The number of para-hydroxylation sites is 1. The average Bonchev–Trinajstić information content (AvgIpc) is 2.52. The Morgan fingerprint density at radius 2 is 1.56 bits per heavy atom. The number of rotatable bonds is 6. The van der Waals surface area contributed by atoms with Crippen molar-refractivity contribution in [2.24, 2.45) is 0 Å². The number of aryl methyl sites for hydroxylation is 2. The standard InChI is InChI=1S/C21H28N2O3S/c1-14(2)19-9-7-8-10-20(19)22-21(24)17(5)23(27(6,25)26)18-12-15(3)11-16(4)13-18/h7-14,17H,1-6H3,(H,22,24)/t17-/m0/s1. The Bertz CT molecular complexity index is 916. The summed E-state index contributed by atoms with van der Waals surface area (Å²) < 4.78 is 26.1. The van der Waals surface area contributed by atoms with Crippen molar-refractivity contribution < 1.29 is 13.2 Å². The van der Waals surface area contributed by atoms with E-state index >= 15 is 0 Å². The van der Waals surface area contributed by atoms with Gasteiger partial charge in [-0.05, 0) is 61.6 Å². The first-order valence-electron chi connectivity index (χ1n) is 8.98. The van der Waals surface area contributed by atoms with Gasteiger partial charge in [0.2, 0.25) is 15.9 Å². The molecule has 146 valence electrons. The SMILES string of the molecule is Cc1cc(C)cc(N([C@@H](C)C(=O)Nc2ccccc2C(C)C)S(C)(=O)=O)c1. The second kappa shape index (κ2) is 8.13. The molecule has 27 heavy (non-hydrogen) atoms. The van der Waals surface area contributed by atoms with E-state index in [0.29, 0.717) is 11.4 Å². The molecule has 5 nitrogen and oxygen atoms in total. The zero-order valence-electron chi connectivity index (χ0n) is 16.8. The minimum absolute atomic E-state index is 0.238. The zero-order chi connectivity index (χ0) is 20.4. The van der Waals surface area contributed by atoms with Crippen LogP contribution in [-0.4, -0.2) is 26.6 Å². The highest BCUT2D eigenvalue weighted by Crippen LogP contribution is 2.26. The maximum absolute atomic E-state index is 12.9. The molecule has 0 fully saturated rings. The summed E-state index contributed by atoms with van der Waals surface area (Å²) in [6.07, 6.45) is 1.12. The van der Waals surface area contributed by atoms with E-state index in [9.17, 15) is 13.2 Å². The number of amides is 1. The quantitative estimate of drug-likeness (QED) is 0.806. The molecule has 0 saturated heterocycles. The van der Waals surface area contributed by atoms with Crippen LogP contribution in [-0.2, 0) is 14.8 Å². The Hall–Kier alpha value is -2.34. The van der Waals surface area contributed by atoms with Crippen LogP contribution in [0.3, 0.4) is 0 Å². The first kappa shape index (κ1) is 21.0. The van der Waals surface area contributed by atoms with Crippen LogP contribution >= 0.6 is 0 Å². The molecule has 6 heteroatoms. The zero-order valence-corrected chi connectivity index (χ0v) is 17.6. The Labute approximate surface area is 162 Å². The lowest BCUT2D eigenvalue weighted by molar-refractivity contribution is -0.116. The third-order valence-corrected chi connectivity index (χ3v) is 5.63. The number of nitrogens with one attached hydrogen (secondary N) is 1. The van der Waals surface area contributed by atoms with Crippen molar-refractivity contribution in [2.45, 2.75) is 46.6 Å². The van der Waals surface area contributed by atoms with E-state index in [2.05, 4.69) is 5.32 Å². The van der Waals surface area contributed by atoms with E-state index in [1.165, 1.54) is 4.31 Å². The molecule has 2 rings (SSSR count). The van der Waals surface area contributed by atoms with Crippen molar-refractivity contribution in [3.8, 4) is 0 Å². The van der Waals surface area contributed by atoms with Crippen LogP contribution < -0.4 is 9.62 Å². The molecule has 0 aliphatic heterocycles. The van der Waals surface area contributed by atoms with Gasteiger partial charge in [-0.2, -0.15) is 0 Å². The van der Waals surface area contributed by atoms with Crippen molar-refractivity contribution >= 4 is 27.3 Å². The van der Waals surface area contributed by atoms with Gasteiger partial charge >= 0.3 is 0 Å². The number of hydrogen-bond acceptors (Lipinski definition) is 3. The summed E-state index contributed by atoms with van der Waals surface area (Å²) in [5.41, 5.74) is 4.09. The Balaban J connectivity index is 2.39. The number of sulfonamides is 1. The lowest BCUT2D eigenvalue weighted by atomic mass is 10.0. The van der Waals surface area contributed by atoms with Gasteiger partial charge in [0.25, 0.3) is 0 Å². The van der Waals surface area contributed by atoms with Crippen molar-refractivity contribution in [1.82, 2.24) is 0 Å². The molecule has 2 aromatic carbocycles. The molecule has 0 unspecified atom stereocenters. The van der Waals surface area contributed by atoms with Gasteiger partial charge in [-0.15, -0.1) is 0 Å². The molecular weight excluding hydrogens is 360 g/mol. The molecule has 0 bridgehead atoms. The highest BCUT2D eigenvalue weighted by molar-refractivity contribution is 7.92. The Morgan fingerprint density at radius 3 is 2.07 bits per heavy atom. The highest BCUT2D eigenvalue weighted by Gasteiger charge is 2.29. The fourth-order valence-electron chi connectivity index (χ4n) is 3.24. The van der Waals surface area contributed by atoms with Gasteiger partial charge in [0.05, 0.1) is 11.9 Å². The van der Waals surface area contributed by atoms with Crippen molar-refractivity contribution in [3.05, 3.63) is 59.2 Å². The number of carbonyl (C=O) groups excluding carboxylic acids is 1. The first-order valence-corrected chi connectivity index (χ1v) is 10.8. The second-order valence-corrected chi connectivity index (χ2v) is 9.17. The van der Waals surface area contributed by atoms with Crippen LogP contribution in [0.4, 0.5) is 11.4 Å². The van der Waals surface area contributed by atoms with Crippen LogP contribution in [0.5, 0.6) is 0 Å². The average molecular weight is 389 g/mol. The lowest BCUT2D eigenvalue weighted by Crippen LogP contribution is -2.45. The number of anilines is 2. The Kier molecular flexibility index (Phi) is 6.31. The Morgan fingerprint density at radius 1 is 1.00 bits per heavy atom. The lowest BCUT2D eigenvalue weighted by Gasteiger charge is -2.29. The molecule has 0 aliphatic rings. The maximum Gasteiger partial charge on any atom is 0.248 e. The van der Waals surface area contributed by atoms with Gasteiger partial charge in [0, 0.05) is 5.69 Å². The van der Waals surface area contributed by atoms with E-state index in [1.54, 1.807) is 19.1 Å². The van der Waals surface area contributed by atoms with Gasteiger partial charge in [0.1, 0.15) is 6.04 Å². The molecule has 1 atom stereocenters. The summed E-state index contributed by atoms with van der Waals surface area (Å²) in [5, 5.41) is 2.90. The number of benzene rings is 2. The predicted octanol–water partition coefficient (Wildman–Crippen LogP) is 4.22. The largest absolute Gasteiger partial charge is 0.324 e. The highest BCUT2D eigenvalue weighted by atomic mass is 32.2. The molecule has 0 spiro atoms. The molecule has 1 N–H and O–H groups in total. The number of hydrogen-bond donors (Lipinski definition) is 1. The third kappa shape index (κ3) is 5.10. The van der Waals surface area contributed by atoms with Crippen LogP contribution in [0.1, 0.15) is 43.4 Å². The second-order valence-electron chi connectivity index (χ2n) is 7.31. The van der Waals surface area contributed by atoms with Crippen LogP contribution in [0.15, 0.2) is 42.5 Å². The van der Waals surface area contributed by atoms with Gasteiger partial charge in [-0.25, -0.2) is 8.42 Å². The molecule has 0 heterocycles. The van der Waals surface area contributed by atoms with E-state index in [-0.39, 0.29) is 11.8 Å². The smallest absolute Gasteiger partial charge is 0.248 e. The third-order valence-electron chi connectivity index (χ3n) is 4.39. The fourth-order valence-corrected chi connectivity index (χ4v) is 4.40. The normalized spacial score (nSPS) is 12.7. The van der Waals surface area contributed by atoms with Gasteiger partial charge in [0.15, 0.2) is 0 Å². The molecule has 0 aromatic heterocycles. The summed E-state index contributed by atoms with van der Waals surface area (Å²) >= 11 is 0. The van der Waals surface area contributed by atoms with Crippen molar-refractivity contribution in [3.63, 3.8) is 0 Å². The van der Waals surface area contributed by atoms with Crippen LogP contribution in [0.25, 0.3) is 0 Å². The minimum atomic E-state index is -3.64. The van der Waals surface area contributed by atoms with E-state index in [0.717, 1.165) is 22.9 Å². The molecule has 0 radical (unpaired) electrons. The van der Waals surface area contributed by atoms with E-state index < -0.39 is 16.1 Å². The topological polar surface area (TPSA) is 66.5 Å². The molecule has 2 aromatic rings. The molecular formula is C21H28N2O3S. The summed E-state index contributed by atoms with van der Waals surface area (Å²) in [5.74, 6) is -0.130. The summed E-state index contributed by atoms with van der Waals surface area (Å²) in [6.45, 7) is 9.51. The van der Waals surface area contributed by atoms with E-state index in [4.69, 9.17) is 0 Å².